The van der Waals surface area contributed by atoms with Gasteiger partial charge < -0.3 is 14.6 Å². The van der Waals surface area contributed by atoms with Crippen LogP contribution in [0.5, 0.6) is 0 Å². The highest BCUT2D eigenvalue weighted by atomic mass is 19.4. The van der Waals surface area contributed by atoms with E-state index >= 15 is 0 Å². The number of rotatable bonds is 4. The van der Waals surface area contributed by atoms with Crippen molar-refractivity contribution in [3.8, 4) is 11.4 Å². The molecule has 1 aliphatic rings. The van der Waals surface area contributed by atoms with Crippen LogP contribution in [0.1, 0.15) is 17.9 Å². The van der Waals surface area contributed by atoms with E-state index in [0.717, 1.165) is 25.1 Å². The highest BCUT2D eigenvalue weighted by Gasteiger charge is 2.41. The predicted octanol–water partition coefficient (Wildman–Crippen LogP) is 2.63. The summed E-state index contributed by atoms with van der Waals surface area (Å²) in [6.45, 7) is 1.83. The maximum Gasteiger partial charge on any atom is 0.416 e. The van der Waals surface area contributed by atoms with Crippen molar-refractivity contribution in [3.05, 3.63) is 35.7 Å². The van der Waals surface area contributed by atoms with Crippen LogP contribution >= 0.6 is 0 Å². The van der Waals surface area contributed by atoms with Crippen molar-refractivity contribution in [1.29, 1.82) is 0 Å². The monoisotopic (exact) mass is 327 g/mol. The number of benzene rings is 1. The molecular formula is C15H16F3N3O2. The summed E-state index contributed by atoms with van der Waals surface area (Å²) in [6.07, 6.45) is -3.64. The molecular weight excluding hydrogens is 311 g/mol. The third kappa shape index (κ3) is 3.09. The smallest absolute Gasteiger partial charge is 0.384 e. The van der Waals surface area contributed by atoms with E-state index in [2.05, 4.69) is 15.5 Å². The van der Waals surface area contributed by atoms with Crippen LogP contribution in [0, 0.1) is 0 Å². The first-order chi connectivity index (χ1) is 10.9. The van der Waals surface area contributed by atoms with Gasteiger partial charge in [-0.15, -0.1) is 0 Å². The van der Waals surface area contributed by atoms with Gasteiger partial charge in [0.25, 0.3) is 0 Å². The Morgan fingerprint density at radius 1 is 1.39 bits per heavy atom. The van der Waals surface area contributed by atoms with Gasteiger partial charge in [-0.2, -0.15) is 18.2 Å². The van der Waals surface area contributed by atoms with E-state index in [9.17, 15) is 13.2 Å². The minimum atomic E-state index is -4.41. The molecule has 0 aliphatic carbocycles. The number of alkyl halides is 3. The highest BCUT2D eigenvalue weighted by Crippen LogP contribution is 2.33. The largest absolute Gasteiger partial charge is 0.416 e. The molecule has 1 N–H and O–H groups in total. The Balaban J connectivity index is 1.93. The molecule has 0 bridgehead atoms. The molecule has 124 valence electrons. The summed E-state index contributed by atoms with van der Waals surface area (Å²) in [7, 11) is 1.59. The number of methoxy groups -OCH3 is 1. The van der Waals surface area contributed by atoms with Crippen LogP contribution in [-0.4, -0.2) is 36.9 Å². The topological polar surface area (TPSA) is 60.2 Å². The molecule has 1 unspecified atom stereocenters. The van der Waals surface area contributed by atoms with Gasteiger partial charge in [0.05, 0.1) is 17.6 Å². The van der Waals surface area contributed by atoms with Gasteiger partial charge in [-0.05, 0) is 25.1 Å². The summed E-state index contributed by atoms with van der Waals surface area (Å²) < 4.78 is 49.0. The van der Waals surface area contributed by atoms with Crippen LogP contribution in [0.2, 0.25) is 0 Å². The third-order valence-corrected chi connectivity index (χ3v) is 3.99. The second-order valence-electron chi connectivity index (χ2n) is 5.64. The molecule has 1 atom stereocenters. The Bertz CT molecular complexity index is 679. The molecule has 1 aromatic heterocycles. The van der Waals surface area contributed by atoms with Crippen LogP contribution in [0.4, 0.5) is 13.2 Å². The lowest BCUT2D eigenvalue weighted by Gasteiger charge is -2.22. The molecule has 2 aromatic rings. The minimum Gasteiger partial charge on any atom is -0.384 e. The molecule has 0 saturated carbocycles. The highest BCUT2D eigenvalue weighted by molar-refractivity contribution is 5.56. The van der Waals surface area contributed by atoms with Crippen LogP contribution in [0.25, 0.3) is 11.4 Å². The lowest BCUT2D eigenvalue weighted by Crippen LogP contribution is -2.34. The molecule has 3 rings (SSSR count). The number of hydrogen-bond acceptors (Lipinski definition) is 5. The molecule has 0 amide bonds. The Morgan fingerprint density at radius 3 is 2.87 bits per heavy atom. The van der Waals surface area contributed by atoms with E-state index in [1.54, 1.807) is 7.11 Å². The van der Waals surface area contributed by atoms with E-state index in [1.807, 2.05) is 0 Å². The molecule has 1 aromatic carbocycles. The summed E-state index contributed by atoms with van der Waals surface area (Å²) >= 11 is 0. The first-order valence-corrected chi connectivity index (χ1v) is 7.16. The first kappa shape index (κ1) is 15.9. The van der Waals surface area contributed by atoms with Crippen molar-refractivity contribution in [2.45, 2.75) is 18.0 Å². The van der Waals surface area contributed by atoms with Crippen LogP contribution in [0.15, 0.2) is 28.8 Å². The fraction of sp³-hybridized carbons (Fsp3) is 0.467. The van der Waals surface area contributed by atoms with Crippen molar-refractivity contribution < 1.29 is 22.4 Å². The van der Waals surface area contributed by atoms with Gasteiger partial charge in [0, 0.05) is 19.2 Å². The summed E-state index contributed by atoms with van der Waals surface area (Å²) in [5, 5.41) is 7.06. The normalized spacial score (nSPS) is 21.7. The molecule has 2 heterocycles. The van der Waals surface area contributed by atoms with Crippen LogP contribution in [0.3, 0.4) is 0 Å². The maximum atomic E-state index is 12.8. The van der Waals surface area contributed by atoms with Gasteiger partial charge in [-0.25, -0.2) is 0 Å². The number of hydrogen-bond donors (Lipinski definition) is 1. The van der Waals surface area contributed by atoms with Crippen molar-refractivity contribution in [2.75, 3.05) is 26.8 Å². The lowest BCUT2D eigenvalue weighted by molar-refractivity contribution is -0.137. The van der Waals surface area contributed by atoms with Gasteiger partial charge in [0.2, 0.25) is 11.7 Å². The molecule has 1 saturated heterocycles. The summed E-state index contributed by atoms with van der Waals surface area (Å²) in [6, 6.07) is 4.89. The SMILES string of the molecule is COCC1(c2nc(-c3cccc(C(F)(F)F)c3)no2)CCNC1. The summed E-state index contributed by atoms with van der Waals surface area (Å²) in [5.41, 5.74) is -0.898. The average Bonchev–Trinajstić information content (AvgIpc) is 3.16. The average molecular weight is 327 g/mol. The van der Waals surface area contributed by atoms with E-state index in [-0.39, 0.29) is 11.4 Å². The van der Waals surface area contributed by atoms with Gasteiger partial charge in [-0.1, -0.05) is 17.3 Å². The standard InChI is InChI=1S/C15H16F3N3O2/c1-22-9-14(5-6-19-8-14)13-20-12(21-23-13)10-3-2-4-11(7-10)15(16,17)18/h2-4,7,19H,5-6,8-9H2,1H3. The molecule has 8 heteroatoms. The number of nitrogens with one attached hydrogen (secondary N) is 1. The molecule has 5 nitrogen and oxygen atoms in total. The van der Waals surface area contributed by atoms with Crippen molar-refractivity contribution in [1.82, 2.24) is 15.5 Å². The third-order valence-electron chi connectivity index (χ3n) is 3.99. The molecule has 0 radical (unpaired) electrons. The van der Waals surface area contributed by atoms with Crippen LogP contribution < -0.4 is 5.32 Å². The van der Waals surface area contributed by atoms with E-state index in [0.29, 0.717) is 19.0 Å². The van der Waals surface area contributed by atoms with Crippen molar-refractivity contribution >= 4 is 0 Å². The number of nitrogens with zero attached hydrogens (tertiary/aromatic N) is 2. The van der Waals surface area contributed by atoms with Gasteiger partial charge in [-0.3, -0.25) is 0 Å². The van der Waals surface area contributed by atoms with E-state index in [1.165, 1.54) is 12.1 Å². The zero-order chi connectivity index (χ0) is 16.5. The fourth-order valence-electron chi connectivity index (χ4n) is 2.78. The summed E-state index contributed by atoms with van der Waals surface area (Å²) in [4.78, 5) is 4.31. The molecule has 0 spiro atoms. The van der Waals surface area contributed by atoms with Crippen LogP contribution in [-0.2, 0) is 16.3 Å². The molecule has 1 fully saturated rings. The quantitative estimate of drug-likeness (QED) is 0.935. The number of halogens is 3. The second-order valence-corrected chi connectivity index (χ2v) is 5.64. The number of ether oxygens (including phenoxy) is 1. The first-order valence-electron chi connectivity index (χ1n) is 7.16. The fourth-order valence-corrected chi connectivity index (χ4v) is 2.78. The lowest BCUT2D eigenvalue weighted by atomic mass is 9.88. The summed E-state index contributed by atoms with van der Waals surface area (Å²) in [5.74, 6) is 0.533. The maximum absolute atomic E-state index is 12.8. The molecule has 1 aliphatic heterocycles. The van der Waals surface area contributed by atoms with Gasteiger partial charge in [0.1, 0.15) is 0 Å². The minimum absolute atomic E-state index is 0.147. The number of aromatic nitrogens is 2. The zero-order valence-electron chi connectivity index (χ0n) is 12.5. The Hall–Kier alpha value is -1.93. The Labute approximate surface area is 130 Å². The van der Waals surface area contributed by atoms with Gasteiger partial charge in [0.15, 0.2) is 0 Å². The zero-order valence-corrected chi connectivity index (χ0v) is 12.5. The predicted molar refractivity (Wildman–Crippen MR) is 75.8 cm³/mol. The van der Waals surface area contributed by atoms with E-state index < -0.39 is 17.2 Å². The Morgan fingerprint density at radius 2 is 2.22 bits per heavy atom. The second kappa shape index (κ2) is 5.93. The van der Waals surface area contributed by atoms with E-state index in [4.69, 9.17) is 9.26 Å². The Kier molecular flexibility index (Phi) is 4.11. The van der Waals surface area contributed by atoms with Crippen molar-refractivity contribution in [2.24, 2.45) is 0 Å². The van der Waals surface area contributed by atoms with Crippen molar-refractivity contribution in [3.63, 3.8) is 0 Å². The molecule has 23 heavy (non-hydrogen) atoms. The van der Waals surface area contributed by atoms with Gasteiger partial charge >= 0.3 is 6.18 Å².